The maximum Gasteiger partial charge on any atom is 0.198 e. The molecule has 46 heavy (non-hydrogen) atoms. The molecule has 6 rings (SSSR count). The van der Waals surface area contributed by atoms with Gasteiger partial charge in [0.25, 0.3) is 0 Å². The summed E-state index contributed by atoms with van der Waals surface area (Å²) >= 11 is 6.71. The third-order valence-electron chi connectivity index (χ3n) is 8.37. The molecule has 0 saturated carbocycles. The molecular formula is C39H43ClO6. The highest BCUT2D eigenvalue weighted by atomic mass is 35.5. The SMILES string of the molecule is CC.CCOc1ccc(Cc2cc([C@]34CC(OCc5ccccc5)[C@H](OCc5ccccc5)[C@](CC=O)(CO3)O4)ccc2Cl)cc1. The zero-order valence-corrected chi connectivity index (χ0v) is 27.6. The summed E-state index contributed by atoms with van der Waals surface area (Å²) in [5.74, 6) is -0.281. The van der Waals surface area contributed by atoms with Crippen LogP contribution in [0.2, 0.25) is 5.02 Å². The highest BCUT2D eigenvalue weighted by Gasteiger charge is 2.63. The first-order valence-electron chi connectivity index (χ1n) is 16.1. The van der Waals surface area contributed by atoms with Crippen molar-refractivity contribution in [3.63, 3.8) is 0 Å². The molecule has 2 saturated heterocycles. The third kappa shape index (κ3) is 7.71. The predicted molar refractivity (Wildman–Crippen MR) is 180 cm³/mol. The zero-order chi connectivity index (χ0) is 32.4. The van der Waals surface area contributed by atoms with Crippen LogP contribution in [-0.2, 0) is 49.2 Å². The molecule has 0 N–H and O–H groups in total. The summed E-state index contributed by atoms with van der Waals surface area (Å²) in [6, 6.07) is 33.9. The van der Waals surface area contributed by atoms with Gasteiger partial charge < -0.3 is 28.5 Å². The Kier molecular flexibility index (Phi) is 11.7. The summed E-state index contributed by atoms with van der Waals surface area (Å²) in [4.78, 5) is 12.1. The monoisotopic (exact) mass is 642 g/mol. The maximum absolute atomic E-state index is 12.1. The largest absolute Gasteiger partial charge is 0.494 e. The Morgan fingerprint density at radius 1 is 0.848 bits per heavy atom. The van der Waals surface area contributed by atoms with Crippen molar-refractivity contribution < 1.29 is 28.5 Å². The minimum atomic E-state index is -1.12. The molecular weight excluding hydrogens is 600 g/mol. The molecule has 2 heterocycles. The van der Waals surface area contributed by atoms with Crippen LogP contribution in [0.25, 0.3) is 0 Å². The van der Waals surface area contributed by atoms with Crippen molar-refractivity contribution in [2.75, 3.05) is 13.2 Å². The fourth-order valence-electron chi connectivity index (χ4n) is 6.18. The molecule has 0 aliphatic carbocycles. The van der Waals surface area contributed by atoms with Crippen LogP contribution in [0.1, 0.15) is 61.4 Å². The standard InChI is InChI=1S/C37H37ClO6.C2H6/c1-2-40-32-16-13-27(14-17-32)21-30-22-31(15-18-33(30)38)37-23-34(41-24-28-9-5-3-6-10-28)35(36(44-37,19-20-39)26-43-37)42-25-29-11-7-4-8-12-29;1-2/h3-18,20,22,34-35H,2,19,21,23-26H2,1H3;1-2H3/t34?,35-,36-,37+;/m0./s1. The van der Waals surface area contributed by atoms with E-state index in [2.05, 4.69) is 6.07 Å². The molecule has 2 fully saturated rings. The van der Waals surface area contributed by atoms with Gasteiger partial charge in [0, 0.05) is 23.4 Å². The van der Waals surface area contributed by atoms with Crippen molar-refractivity contribution in [3.8, 4) is 5.75 Å². The van der Waals surface area contributed by atoms with Crippen LogP contribution in [0.5, 0.6) is 5.75 Å². The van der Waals surface area contributed by atoms with Crippen LogP contribution in [0.4, 0.5) is 0 Å². The Labute approximate surface area is 277 Å². The van der Waals surface area contributed by atoms with Gasteiger partial charge in [-0.3, -0.25) is 0 Å². The average molecular weight is 643 g/mol. The molecule has 2 bridgehead atoms. The van der Waals surface area contributed by atoms with Crippen molar-refractivity contribution >= 4 is 17.9 Å². The smallest absolute Gasteiger partial charge is 0.198 e. The number of ether oxygens (including phenoxy) is 5. The molecule has 2 aliphatic rings. The molecule has 4 aromatic rings. The first-order valence-corrected chi connectivity index (χ1v) is 16.5. The van der Waals surface area contributed by atoms with E-state index in [1.165, 1.54) is 0 Å². The van der Waals surface area contributed by atoms with Crippen molar-refractivity contribution in [2.45, 2.75) is 76.8 Å². The van der Waals surface area contributed by atoms with E-state index in [4.69, 9.17) is 35.3 Å². The molecule has 0 amide bonds. The van der Waals surface area contributed by atoms with Gasteiger partial charge in [-0.25, -0.2) is 0 Å². The van der Waals surface area contributed by atoms with Crippen LogP contribution in [0.15, 0.2) is 103 Å². The fraction of sp³-hybridized carbons (Fsp3) is 0.359. The first-order chi connectivity index (χ1) is 22.5. The summed E-state index contributed by atoms with van der Waals surface area (Å²) in [7, 11) is 0. The van der Waals surface area contributed by atoms with E-state index in [1.54, 1.807) is 0 Å². The first kappa shape index (κ1) is 33.8. The molecule has 6 nitrogen and oxygen atoms in total. The number of hydrogen-bond acceptors (Lipinski definition) is 6. The summed E-state index contributed by atoms with van der Waals surface area (Å²) in [6.45, 7) is 7.55. The van der Waals surface area contributed by atoms with Gasteiger partial charge in [0.15, 0.2) is 5.79 Å². The third-order valence-corrected chi connectivity index (χ3v) is 8.74. The normalized spacial score (nSPS) is 23.3. The Morgan fingerprint density at radius 2 is 1.50 bits per heavy atom. The Morgan fingerprint density at radius 3 is 2.13 bits per heavy atom. The number of aldehydes is 1. The van der Waals surface area contributed by atoms with Gasteiger partial charge in [-0.15, -0.1) is 0 Å². The number of benzene rings is 4. The van der Waals surface area contributed by atoms with Crippen LogP contribution in [0.3, 0.4) is 0 Å². The topological polar surface area (TPSA) is 63.2 Å². The van der Waals surface area contributed by atoms with Gasteiger partial charge in [0.05, 0.1) is 32.5 Å². The number of hydrogen-bond donors (Lipinski definition) is 0. The summed E-state index contributed by atoms with van der Waals surface area (Å²) < 4.78 is 32.2. The van der Waals surface area contributed by atoms with Crippen molar-refractivity contribution in [1.82, 2.24) is 0 Å². The second-order valence-electron chi connectivity index (χ2n) is 11.4. The summed E-state index contributed by atoms with van der Waals surface area (Å²) in [5.41, 5.74) is 3.97. The lowest BCUT2D eigenvalue weighted by Crippen LogP contribution is -2.59. The van der Waals surface area contributed by atoms with Gasteiger partial charge in [0.1, 0.15) is 23.7 Å². The molecule has 1 unspecified atom stereocenters. The molecule has 242 valence electrons. The van der Waals surface area contributed by atoms with Crippen molar-refractivity contribution in [1.29, 1.82) is 0 Å². The molecule has 0 aromatic heterocycles. The highest BCUT2D eigenvalue weighted by Crippen LogP contribution is 2.52. The molecule has 4 aromatic carbocycles. The number of carbonyl (C=O) groups excluding carboxylic acids is 1. The lowest BCUT2D eigenvalue weighted by molar-refractivity contribution is -0.292. The van der Waals surface area contributed by atoms with Gasteiger partial charge in [-0.05, 0) is 59.9 Å². The quantitative estimate of drug-likeness (QED) is 0.136. The van der Waals surface area contributed by atoms with E-state index in [-0.39, 0.29) is 13.0 Å². The fourth-order valence-corrected chi connectivity index (χ4v) is 6.36. The van der Waals surface area contributed by atoms with Crippen LogP contribution in [-0.4, -0.2) is 37.3 Å². The number of carbonyl (C=O) groups is 1. The lowest BCUT2D eigenvalue weighted by Gasteiger charge is -2.46. The van der Waals surface area contributed by atoms with Gasteiger partial charge in [-0.2, -0.15) is 0 Å². The van der Waals surface area contributed by atoms with Crippen molar-refractivity contribution in [2.24, 2.45) is 0 Å². The average Bonchev–Trinajstić information content (AvgIpc) is 3.41. The van der Waals surface area contributed by atoms with E-state index in [1.807, 2.05) is 118 Å². The number of halogens is 1. The summed E-state index contributed by atoms with van der Waals surface area (Å²) in [6.07, 6.45) is 1.10. The molecule has 0 radical (unpaired) electrons. The minimum absolute atomic E-state index is 0.117. The number of rotatable bonds is 13. The van der Waals surface area contributed by atoms with Crippen LogP contribution in [0, 0.1) is 0 Å². The van der Waals surface area contributed by atoms with Crippen molar-refractivity contribution in [3.05, 3.63) is 136 Å². The van der Waals surface area contributed by atoms with Gasteiger partial charge >= 0.3 is 0 Å². The van der Waals surface area contributed by atoms with Crippen LogP contribution < -0.4 is 4.74 Å². The predicted octanol–water partition coefficient (Wildman–Crippen LogP) is 8.46. The lowest BCUT2D eigenvalue weighted by atomic mass is 9.83. The molecule has 4 atom stereocenters. The van der Waals surface area contributed by atoms with E-state index in [9.17, 15) is 4.79 Å². The van der Waals surface area contributed by atoms with Gasteiger partial charge in [-0.1, -0.05) is 104 Å². The summed E-state index contributed by atoms with van der Waals surface area (Å²) in [5, 5.41) is 0.660. The molecule has 2 aliphatic heterocycles. The Bertz CT molecular complexity index is 1530. The van der Waals surface area contributed by atoms with E-state index in [0.717, 1.165) is 39.9 Å². The zero-order valence-electron chi connectivity index (χ0n) is 26.8. The second kappa shape index (κ2) is 15.9. The molecule has 7 heteroatoms. The number of fused-ring (bicyclic) bond motifs is 2. The highest BCUT2D eigenvalue weighted by molar-refractivity contribution is 6.31. The van der Waals surface area contributed by atoms with E-state index >= 15 is 0 Å². The van der Waals surface area contributed by atoms with E-state index < -0.39 is 23.6 Å². The maximum atomic E-state index is 12.1. The van der Waals surface area contributed by atoms with Gasteiger partial charge in [0.2, 0.25) is 0 Å². The van der Waals surface area contributed by atoms with E-state index in [0.29, 0.717) is 37.7 Å². The second-order valence-corrected chi connectivity index (χ2v) is 11.8. The Hall–Kier alpha value is -3.52. The Balaban J connectivity index is 0.00000204. The molecule has 0 spiro atoms. The minimum Gasteiger partial charge on any atom is -0.494 e. The van der Waals surface area contributed by atoms with Crippen LogP contribution >= 0.6 is 11.6 Å².